The normalized spacial score (nSPS) is 12.1. The van der Waals surface area contributed by atoms with Crippen LogP contribution in [-0.4, -0.2) is 21.5 Å². The summed E-state index contributed by atoms with van der Waals surface area (Å²) >= 11 is 7.57. The van der Waals surface area contributed by atoms with Gasteiger partial charge < -0.3 is 4.74 Å². The SMILES string of the molecule is COC(=O)c1ccc(S(=O)(=O)N(Cc2ccc(F)c(C(F)(F)F)c2)c2sc3ccccc3c2Cl)cc1. The van der Waals surface area contributed by atoms with Crippen LogP contribution >= 0.6 is 22.9 Å². The minimum absolute atomic E-state index is 0.0767. The number of hydrogen-bond donors (Lipinski definition) is 0. The zero-order chi connectivity index (χ0) is 26.3. The van der Waals surface area contributed by atoms with E-state index in [9.17, 15) is 30.8 Å². The standard InChI is InChI=1S/C24H16ClF4NO4S2/c1-34-23(31)15-7-9-16(10-8-15)36(32,33)30(22-21(25)17-4-2-3-5-20(17)35-22)13-14-6-11-19(26)18(12-14)24(27,28)29/h2-12H,13H2,1H3. The van der Waals surface area contributed by atoms with E-state index in [1.807, 2.05) is 0 Å². The van der Waals surface area contributed by atoms with Crippen LogP contribution in [0.5, 0.6) is 0 Å². The van der Waals surface area contributed by atoms with Gasteiger partial charge in [-0.15, -0.1) is 11.3 Å². The molecular formula is C24H16ClF4NO4S2. The minimum Gasteiger partial charge on any atom is -0.465 e. The molecule has 0 amide bonds. The summed E-state index contributed by atoms with van der Waals surface area (Å²) in [5.74, 6) is -2.15. The van der Waals surface area contributed by atoms with Crippen molar-refractivity contribution in [3.63, 3.8) is 0 Å². The molecule has 12 heteroatoms. The molecule has 0 saturated heterocycles. The van der Waals surface area contributed by atoms with Gasteiger partial charge in [0.25, 0.3) is 10.0 Å². The summed E-state index contributed by atoms with van der Waals surface area (Å²) in [6, 6.07) is 14.0. The molecule has 5 nitrogen and oxygen atoms in total. The van der Waals surface area contributed by atoms with Gasteiger partial charge in [-0.05, 0) is 48.0 Å². The number of benzene rings is 3. The molecule has 0 aliphatic heterocycles. The van der Waals surface area contributed by atoms with Crippen molar-refractivity contribution in [2.24, 2.45) is 0 Å². The number of carbonyl (C=O) groups excluding carboxylic acids is 1. The van der Waals surface area contributed by atoms with Crippen molar-refractivity contribution in [1.29, 1.82) is 0 Å². The lowest BCUT2D eigenvalue weighted by Crippen LogP contribution is -2.30. The van der Waals surface area contributed by atoms with Crippen LogP contribution in [0.15, 0.2) is 71.6 Å². The van der Waals surface area contributed by atoms with E-state index in [1.165, 1.54) is 31.4 Å². The van der Waals surface area contributed by atoms with Crippen molar-refractivity contribution in [3.05, 3.63) is 94.3 Å². The summed E-state index contributed by atoms with van der Waals surface area (Å²) in [7, 11) is -3.22. The lowest BCUT2D eigenvalue weighted by Gasteiger charge is -2.24. The number of rotatable bonds is 6. The number of thiophene rings is 1. The molecule has 4 aromatic rings. The molecule has 0 radical (unpaired) electrons. The molecule has 0 aliphatic rings. The molecule has 0 bridgehead atoms. The monoisotopic (exact) mass is 557 g/mol. The fourth-order valence-electron chi connectivity index (χ4n) is 3.49. The maximum atomic E-state index is 13.9. The fourth-order valence-corrected chi connectivity index (χ4v) is 6.75. The average Bonchev–Trinajstić information content (AvgIpc) is 3.18. The second kappa shape index (κ2) is 9.72. The lowest BCUT2D eigenvalue weighted by molar-refractivity contribution is -0.140. The Morgan fingerprint density at radius 2 is 1.72 bits per heavy atom. The quantitative estimate of drug-likeness (QED) is 0.191. The highest BCUT2D eigenvalue weighted by atomic mass is 35.5. The summed E-state index contributed by atoms with van der Waals surface area (Å²) in [5, 5.41) is 0.742. The summed E-state index contributed by atoms with van der Waals surface area (Å²) in [6.45, 7) is -0.559. The van der Waals surface area contributed by atoms with Crippen LogP contribution in [0.3, 0.4) is 0 Å². The maximum absolute atomic E-state index is 13.9. The first-order valence-corrected chi connectivity index (χ1v) is 12.8. The third kappa shape index (κ3) is 4.91. The van der Waals surface area contributed by atoms with Crippen molar-refractivity contribution in [1.82, 2.24) is 0 Å². The molecule has 0 atom stereocenters. The summed E-state index contributed by atoms with van der Waals surface area (Å²) in [6.07, 6.45) is -4.97. The molecule has 1 heterocycles. The second-order valence-corrected chi connectivity index (χ2v) is 10.8. The van der Waals surface area contributed by atoms with E-state index in [-0.39, 0.29) is 26.0 Å². The van der Waals surface area contributed by atoms with Gasteiger partial charge in [-0.2, -0.15) is 13.2 Å². The van der Waals surface area contributed by atoms with E-state index in [0.29, 0.717) is 22.2 Å². The topological polar surface area (TPSA) is 63.7 Å². The molecule has 3 aromatic carbocycles. The Labute approximate surface area is 212 Å². The van der Waals surface area contributed by atoms with Gasteiger partial charge in [-0.1, -0.05) is 35.9 Å². The van der Waals surface area contributed by atoms with E-state index in [0.717, 1.165) is 21.7 Å². The van der Waals surface area contributed by atoms with Gasteiger partial charge in [0.2, 0.25) is 0 Å². The van der Waals surface area contributed by atoms with E-state index in [4.69, 9.17) is 11.6 Å². The highest BCUT2D eigenvalue weighted by Crippen LogP contribution is 2.44. The van der Waals surface area contributed by atoms with Crippen LogP contribution in [0.25, 0.3) is 10.1 Å². The highest BCUT2D eigenvalue weighted by Gasteiger charge is 2.35. The Morgan fingerprint density at radius 1 is 1.06 bits per heavy atom. The van der Waals surface area contributed by atoms with Crippen LogP contribution in [0.1, 0.15) is 21.5 Å². The van der Waals surface area contributed by atoms with Crippen LogP contribution in [0, 0.1) is 5.82 Å². The minimum atomic E-state index is -4.97. The molecule has 0 aliphatic carbocycles. The molecule has 0 spiro atoms. The summed E-state index contributed by atoms with van der Waals surface area (Å²) in [4.78, 5) is 11.5. The van der Waals surface area contributed by atoms with Crippen LogP contribution < -0.4 is 4.31 Å². The first-order chi connectivity index (χ1) is 16.9. The van der Waals surface area contributed by atoms with Crippen molar-refractivity contribution >= 4 is 54.0 Å². The van der Waals surface area contributed by atoms with E-state index < -0.39 is 40.1 Å². The second-order valence-electron chi connectivity index (χ2n) is 7.56. The van der Waals surface area contributed by atoms with Crippen molar-refractivity contribution in [3.8, 4) is 0 Å². The van der Waals surface area contributed by atoms with E-state index >= 15 is 0 Å². The smallest absolute Gasteiger partial charge is 0.419 e. The Hall–Kier alpha value is -3.15. The summed E-state index contributed by atoms with van der Waals surface area (Å²) in [5.41, 5.74) is -1.51. The fraction of sp³-hybridized carbons (Fsp3) is 0.125. The largest absolute Gasteiger partial charge is 0.465 e. The van der Waals surface area contributed by atoms with Gasteiger partial charge in [0.1, 0.15) is 10.8 Å². The maximum Gasteiger partial charge on any atom is 0.419 e. The van der Waals surface area contributed by atoms with Crippen LogP contribution in [0.2, 0.25) is 5.02 Å². The number of sulfonamides is 1. The molecule has 0 saturated carbocycles. The zero-order valence-electron chi connectivity index (χ0n) is 18.3. The average molecular weight is 558 g/mol. The molecule has 36 heavy (non-hydrogen) atoms. The third-order valence-electron chi connectivity index (χ3n) is 5.27. The lowest BCUT2D eigenvalue weighted by atomic mass is 10.1. The van der Waals surface area contributed by atoms with Gasteiger partial charge in [0.15, 0.2) is 0 Å². The van der Waals surface area contributed by atoms with Crippen molar-refractivity contribution < 1.29 is 35.5 Å². The number of fused-ring (bicyclic) bond motifs is 1. The zero-order valence-corrected chi connectivity index (χ0v) is 20.7. The Morgan fingerprint density at radius 3 is 2.33 bits per heavy atom. The first-order valence-electron chi connectivity index (χ1n) is 10.2. The first kappa shape index (κ1) is 25.9. The number of nitrogens with zero attached hydrogens (tertiary/aromatic N) is 1. The Bertz CT molecular complexity index is 1550. The van der Waals surface area contributed by atoms with E-state index in [1.54, 1.807) is 24.3 Å². The molecule has 188 valence electrons. The molecular weight excluding hydrogens is 542 g/mol. The Kier molecular flexibility index (Phi) is 7.00. The number of ether oxygens (including phenoxy) is 1. The van der Waals surface area contributed by atoms with Crippen LogP contribution in [0.4, 0.5) is 22.6 Å². The molecule has 0 fully saturated rings. The number of carbonyl (C=O) groups is 1. The predicted molar refractivity (Wildman–Crippen MR) is 129 cm³/mol. The Balaban J connectivity index is 1.86. The number of halogens is 5. The molecule has 0 unspecified atom stereocenters. The molecule has 4 rings (SSSR count). The number of esters is 1. The van der Waals surface area contributed by atoms with Crippen LogP contribution in [-0.2, 0) is 27.5 Å². The van der Waals surface area contributed by atoms with Gasteiger partial charge in [0.05, 0.1) is 34.7 Å². The van der Waals surface area contributed by atoms with Crippen molar-refractivity contribution in [2.75, 3.05) is 11.4 Å². The predicted octanol–water partition coefficient (Wildman–Crippen LogP) is 6.89. The number of methoxy groups -OCH3 is 1. The molecule has 0 N–H and O–H groups in total. The van der Waals surface area contributed by atoms with Gasteiger partial charge in [0, 0.05) is 10.1 Å². The summed E-state index contributed by atoms with van der Waals surface area (Å²) < 4.78 is 87.3. The molecule has 1 aromatic heterocycles. The van der Waals surface area contributed by atoms with Gasteiger partial charge >= 0.3 is 12.1 Å². The third-order valence-corrected chi connectivity index (χ3v) is 8.83. The highest BCUT2D eigenvalue weighted by molar-refractivity contribution is 7.93. The van der Waals surface area contributed by atoms with Gasteiger partial charge in [-0.25, -0.2) is 17.6 Å². The van der Waals surface area contributed by atoms with E-state index in [2.05, 4.69) is 4.74 Å². The number of alkyl halides is 3. The number of anilines is 1. The van der Waals surface area contributed by atoms with Crippen molar-refractivity contribution in [2.45, 2.75) is 17.6 Å². The number of hydrogen-bond acceptors (Lipinski definition) is 5. The van der Waals surface area contributed by atoms with Gasteiger partial charge in [-0.3, -0.25) is 4.31 Å².